The summed E-state index contributed by atoms with van der Waals surface area (Å²) in [5.74, 6) is 0.633. The molecule has 0 aliphatic rings. The number of unbranched alkanes of at least 4 members (excludes halogenated alkanes) is 2. The molecule has 0 fully saturated rings. The van der Waals surface area contributed by atoms with Crippen molar-refractivity contribution in [1.82, 2.24) is 0 Å². The average molecular weight is 330 g/mol. The zero-order valence-electron chi connectivity index (χ0n) is 15.3. The fraction of sp³-hybridized carbons (Fsp3) is 0.889. The van der Waals surface area contributed by atoms with Crippen molar-refractivity contribution in [3.63, 3.8) is 0 Å². The Morgan fingerprint density at radius 2 is 1.13 bits per heavy atom. The lowest BCUT2D eigenvalue weighted by atomic mass is 10.0. The van der Waals surface area contributed by atoms with Crippen LogP contribution in [-0.2, 0) is 14.2 Å². The second kappa shape index (κ2) is 14.3. The van der Waals surface area contributed by atoms with Gasteiger partial charge in [-0.25, -0.2) is 9.59 Å². The molecule has 5 heteroatoms. The molecule has 0 saturated heterocycles. The van der Waals surface area contributed by atoms with Crippen molar-refractivity contribution in [1.29, 1.82) is 0 Å². The van der Waals surface area contributed by atoms with Gasteiger partial charge in [0.15, 0.2) is 0 Å². The monoisotopic (exact) mass is 330 g/mol. The van der Waals surface area contributed by atoms with Gasteiger partial charge in [0.05, 0.1) is 13.2 Å². The molecule has 0 aromatic rings. The summed E-state index contributed by atoms with van der Waals surface area (Å²) in [6, 6.07) is 0. The first kappa shape index (κ1) is 21.7. The van der Waals surface area contributed by atoms with Crippen molar-refractivity contribution in [2.75, 3.05) is 13.2 Å². The molecule has 0 amide bonds. The molecule has 2 atom stereocenters. The first-order chi connectivity index (χ1) is 11.1. The summed E-state index contributed by atoms with van der Waals surface area (Å²) in [5.41, 5.74) is 0. The van der Waals surface area contributed by atoms with Crippen LogP contribution in [-0.4, -0.2) is 25.5 Å². The van der Waals surface area contributed by atoms with Gasteiger partial charge in [-0.2, -0.15) is 0 Å². The quantitative estimate of drug-likeness (QED) is 0.339. The fourth-order valence-electron chi connectivity index (χ4n) is 2.29. The van der Waals surface area contributed by atoms with Crippen LogP contribution in [0.15, 0.2) is 0 Å². The van der Waals surface area contributed by atoms with E-state index < -0.39 is 12.3 Å². The largest absolute Gasteiger partial charge is 0.518 e. The summed E-state index contributed by atoms with van der Waals surface area (Å²) < 4.78 is 14.5. The van der Waals surface area contributed by atoms with E-state index in [0.717, 1.165) is 51.4 Å². The Morgan fingerprint density at radius 1 is 0.739 bits per heavy atom. The first-order valence-electron chi connectivity index (χ1n) is 9.08. The van der Waals surface area contributed by atoms with Crippen LogP contribution in [0.2, 0.25) is 0 Å². The molecule has 136 valence electrons. The van der Waals surface area contributed by atoms with Crippen molar-refractivity contribution in [2.24, 2.45) is 11.8 Å². The fourth-order valence-corrected chi connectivity index (χ4v) is 2.29. The van der Waals surface area contributed by atoms with Gasteiger partial charge in [0.1, 0.15) is 0 Å². The topological polar surface area (TPSA) is 61.8 Å². The van der Waals surface area contributed by atoms with E-state index in [1.807, 2.05) is 0 Å². The number of ether oxygens (including phenoxy) is 3. The van der Waals surface area contributed by atoms with Gasteiger partial charge in [-0.15, -0.1) is 0 Å². The van der Waals surface area contributed by atoms with E-state index in [-0.39, 0.29) is 13.2 Å². The van der Waals surface area contributed by atoms with Gasteiger partial charge in [0.2, 0.25) is 0 Å². The number of rotatable bonds is 12. The van der Waals surface area contributed by atoms with Crippen molar-refractivity contribution in [2.45, 2.75) is 79.1 Å². The van der Waals surface area contributed by atoms with Crippen LogP contribution in [0.3, 0.4) is 0 Å². The molecule has 0 aliphatic carbocycles. The second-order valence-corrected chi connectivity index (χ2v) is 6.06. The van der Waals surface area contributed by atoms with Crippen LogP contribution >= 0.6 is 0 Å². The van der Waals surface area contributed by atoms with Gasteiger partial charge in [-0.3, -0.25) is 0 Å². The lowest BCUT2D eigenvalue weighted by Crippen LogP contribution is -2.20. The first-order valence-corrected chi connectivity index (χ1v) is 9.08. The van der Waals surface area contributed by atoms with E-state index in [4.69, 9.17) is 9.47 Å². The highest BCUT2D eigenvalue weighted by molar-refractivity contribution is 5.76. The molecule has 0 spiro atoms. The molecule has 2 unspecified atom stereocenters. The number of carbonyl (C=O) groups is 2. The molecule has 0 aliphatic heterocycles. The Balaban J connectivity index is 3.93. The standard InChI is InChI=1S/C18H34O5/c1-5-9-11-15(7-3)13-21-17(19)23-18(20)22-14-16(8-4)12-10-6-2/h15-16H,5-14H2,1-4H3. The van der Waals surface area contributed by atoms with Crippen LogP contribution in [0.25, 0.3) is 0 Å². The van der Waals surface area contributed by atoms with Gasteiger partial charge in [0.25, 0.3) is 0 Å². The highest BCUT2D eigenvalue weighted by Crippen LogP contribution is 2.14. The predicted octanol–water partition coefficient (Wildman–Crippen LogP) is 5.71. The van der Waals surface area contributed by atoms with Crippen LogP contribution in [0.1, 0.15) is 79.1 Å². The van der Waals surface area contributed by atoms with Gasteiger partial charge < -0.3 is 14.2 Å². The summed E-state index contributed by atoms with van der Waals surface area (Å²) >= 11 is 0. The van der Waals surface area contributed by atoms with Crippen LogP contribution in [0, 0.1) is 11.8 Å². The summed E-state index contributed by atoms with van der Waals surface area (Å²) in [4.78, 5) is 23.0. The Kier molecular flexibility index (Phi) is 13.6. The van der Waals surface area contributed by atoms with Crippen molar-refractivity contribution in [3.8, 4) is 0 Å². The Hall–Kier alpha value is -1.26. The van der Waals surface area contributed by atoms with Crippen molar-refractivity contribution >= 4 is 12.3 Å². The van der Waals surface area contributed by atoms with Crippen molar-refractivity contribution in [3.05, 3.63) is 0 Å². The Labute approximate surface area is 141 Å². The molecule has 0 radical (unpaired) electrons. The SMILES string of the molecule is CCCCC(CC)COC(=O)OC(=O)OCC(CC)CCCC. The average Bonchev–Trinajstić information content (AvgIpc) is 2.55. The predicted molar refractivity (Wildman–Crippen MR) is 90.4 cm³/mol. The second-order valence-electron chi connectivity index (χ2n) is 6.06. The highest BCUT2D eigenvalue weighted by atomic mass is 16.8. The molecule has 0 heterocycles. The molecule has 23 heavy (non-hydrogen) atoms. The van der Waals surface area contributed by atoms with E-state index in [2.05, 4.69) is 32.4 Å². The molecule has 0 bridgehead atoms. The van der Waals surface area contributed by atoms with E-state index in [1.54, 1.807) is 0 Å². The maximum Gasteiger partial charge on any atom is 0.518 e. The van der Waals surface area contributed by atoms with Gasteiger partial charge in [-0.05, 0) is 24.7 Å². The third-order valence-corrected chi connectivity index (χ3v) is 4.13. The molecular weight excluding hydrogens is 296 g/mol. The zero-order valence-corrected chi connectivity index (χ0v) is 15.3. The molecule has 5 nitrogen and oxygen atoms in total. The summed E-state index contributed by atoms with van der Waals surface area (Å²) in [7, 11) is 0. The minimum absolute atomic E-state index is 0.288. The van der Waals surface area contributed by atoms with Crippen LogP contribution in [0.4, 0.5) is 9.59 Å². The number of hydrogen-bond donors (Lipinski definition) is 0. The van der Waals surface area contributed by atoms with E-state index >= 15 is 0 Å². The molecular formula is C18H34O5. The number of hydrogen-bond acceptors (Lipinski definition) is 5. The minimum Gasteiger partial charge on any atom is -0.434 e. The smallest absolute Gasteiger partial charge is 0.434 e. The van der Waals surface area contributed by atoms with Gasteiger partial charge in [-0.1, -0.05) is 66.2 Å². The number of carbonyl (C=O) groups excluding carboxylic acids is 2. The Morgan fingerprint density at radius 3 is 1.43 bits per heavy atom. The van der Waals surface area contributed by atoms with E-state index in [1.165, 1.54) is 0 Å². The normalized spacial score (nSPS) is 13.2. The lowest BCUT2D eigenvalue weighted by Gasteiger charge is -2.15. The molecule has 0 rings (SSSR count). The zero-order chi connectivity index (χ0) is 17.5. The Bertz CT molecular complexity index is 287. The lowest BCUT2D eigenvalue weighted by molar-refractivity contribution is 0.0230. The summed E-state index contributed by atoms with van der Waals surface area (Å²) in [5, 5.41) is 0. The van der Waals surface area contributed by atoms with Gasteiger partial charge >= 0.3 is 12.3 Å². The molecule has 0 saturated carbocycles. The minimum atomic E-state index is -0.966. The molecule has 0 aromatic carbocycles. The van der Waals surface area contributed by atoms with E-state index in [0.29, 0.717) is 11.8 Å². The third kappa shape index (κ3) is 11.9. The highest BCUT2D eigenvalue weighted by Gasteiger charge is 2.17. The maximum absolute atomic E-state index is 11.5. The van der Waals surface area contributed by atoms with Crippen LogP contribution in [0.5, 0.6) is 0 Å². The molecule has 0 aromatic heterocycles. The maximum atomic E-state index is 11.5. The van der Waals surface area contributed by atoms with Crippen LogP contribution < -0.4 is 0 Å². The summed E-state index contributed by atoms with van der Waals surface area (Å²) in [6.45, 7) is 8.95. The van der Waals surface area contributed by atoms with Gasteiger partial charge in [0, 0.05) is 0 Å². The third-order valence-electron chi connectivity index (χ3n) is 4.13. The molecule has 0 N–H and O–H groups in total. The van der Waals surface area contributed by atoms with E-state index in [9.17, 15) is 9.59 Å². The summed E-state index contributed by atoms with van der Waals surface area (Å²) in [6.07, 6.45) is 6.41. The van der Waals surface area contributed by atoms with Crippen molar-refractivity contribution < 1.29 is 23.8 Å².